The van der Waals surface area contributed by atoms with Crippen molar-refractivity contribution in [1.29, 1.82) is 0 Å². The fourth-order valence-electron chi connectivity index (χ4n) is 3.81. The molecule has 1 fully saturated rings. The van der Waals surface area contributed by atoms with E-state index in [0.717, 1.165) is 31.5 Å². The van der Waals surface area contributed by atoms with Crippen LogP contribution in [0.2, 0.25) is 0 Å². The molecule has 3 nitrogen and oxygen atoms in total. The molecule has 1 aromatic heterocycles. The maximum absolute atomic E-state index is 13.4. The molecule has 6 heteroatoms. The maximum Gasteiger partial charge on any atom is 0.449 e. The number of nitrogens with one attached hydrogen (secondary N) is 1. The van der Waals surface area contributed by atoms with E-state index in [4.69, 9.17) is 0 Å². The second-order valence-electron chi connectivity index (χ2n) is 6.46. The van der Waals surface area contributed by atoms with E-state index in [1.54, 1.807) is 0 Å². The van der Waals surface area contributed by atoms with Gasteiger partial charge in [-0.1, -0.05) is 26.7 Å². The molecule has 1 saturated carbocycles. The van der Waals surface area contributed by atoms with Crippen molar-refractivity contribution in [2.75, 3.05) is 6.54 Å². The van der Waals surface area contributed by atoms with Crippen molar-refractivity contribution in [2.45, 2.75) is 58.3 Å². The van der Waals surface area contributed by atoms with Crippen LogP contribution in [0.5, 0.6) is 0 Å². The number of hydrogen-bond donors (Lipinski definition) is 1. The molecule has 0 amide bonds. The predicted molar refractivity (Wildman–Crippen MR) is 73.9 cm³/mol. The molecule has 0 saturated heterocycles. The zero-order chi connectivity index (χ0) is 15.2. The average molecular weight is 301 g/mol. The third-order valence-corrected chi connectivity index (χ3v) is 5.17. The van der Waals surface area contributed by atoms with E-state index in [-0.39, 0.29) is 12.0 Å². The highest BCUT2D eigenvalue weighted by atomic mass is 19.4. The summed E-state index contributed by atoms with van der Waals surface area (Å²) in [6, 6.07) is -0.0697. The van der Waals surface area contributed by atoms with Crippen molar-refractivity contribution in [1.82, 2.24) is 14.9 Å². The molecule has 1 aliphatic heterocycles. The van der Waals surface area contributed by atoms with Crippen LogP contribution in [0.1, 0.15) is 56.4 Å². The van der Waals surface area contributed by atoms with E-state index in [1.807, 2.05) is 0 Å². The predicted octanol–water partition coefficient (Wildman–Crippen LogP) is 3.54. The first-order chi connectivity index (χ1) is 9.89. The molecule has 118 valence electrons. The van der Waals surface area contributed by atoms with Gasteiger partial charge >= 0.3 is 6.18 Å². The number of rotatable bonds is 1. The fraction of sp³-hybridized carbons (Fsp3) is 0.800. The summed E-state index contributed by atoms with van der Waals surface area (Å²) in [5.41, 5.74) is 1.38. The van der Waals surface area contributed by atoms with Gasteiger partial charge in [0, 0.05) is 31.2 Å². The summed E-state index contributed by atoms with van der Waals surface area (Å²) in [5.74, 6) is 0.0276. The van der Waals surface area contributed by atoms with E-state index in [0.29, 0.717) is 24.6 Å². The molecule has 1 aliphatic carbocycles. The van der Waals surface area contributed by atoms with Crippen LogP contribution in [0.3, 0.4) is 0 Å². The Labute approximate surface area is 122 Å². The van der Waals surface area contributed by atoms with E-state index in [2.05, 4.69) is 24.1 Å². The lowest BCUT2D eigenvalue weighted by Crippen LogP contribution is -2.32. The number of aromatic nitrogens is 2. The van der Waals surface area contributed by atoms with Gasteiger partial charge in [-0.2, -0.15) is 13.2 Å². The third kappa shape index (κ3) is 2.58. The van der Waals surface area contributed by atoms with Gasteiger partial charge in [0.25, 0.3) is 0 Å². The minimum Gasteiger partial charge on any atom is -0.321 e. The van der Waals surface area contributed by atoms with E-state index >= 15 is 0 Å². The summed E-state index contributed by atoms with van der Waals surface area (Å²) in [6.45, 7) is 5.41. The minimum atomic E-state index is -4.38. The Morgan fingerprint density at radius 2 is 2.00 bits per heavy atom. The van der Waals surface area contributed by atoms with Crippen molar-refractivity contribution >= 4 is 0 Å². The molecule has 0 radical (unpaired) electrons. The van der Waals surface area contributed by atoms with Gasteiger partial charge in [-0.05, 0) is 18.3 Å². The van der Waals surface area contributed by atoms with Crippen molar-refractivity contribution in [3.05, 3.63) is 17.2 Å². The Morgan fingerprint density at radius 1 is 1.24 bits per heavy atom. The first-order valence-corrected chi connectivity index (χ1v) is 7.77. The van der Waals surface area contributed by atoms with Gasteiger partial charge in [0.2, 0.25) is 5.82 Å². The zero-order valence-corrected chi connectivity index (χ0v) is 12.5. The zero-order valence-electron chi connectivity index (χ0n) is 12.5. The molecule has 0 aromatic carbocycles. The normalized spacial score (nSPS) is 30.2. The van der Waals surface area contributed by atoms with E-state index in [1.165, 1.54) is 4.57 Å². The van der Waals surface area contributed by atoms with Gasteiger partial charge in [0.05, 0.1) is 5.69 Å². The smallest absolute Gasteiger partial charge is 0.321 e. The SMILES string of the molecule is CC1CCCC(n2c(C(F)(F)F)nc3c2CCNC3)C1C. The van der Waals surface area contributed by atoms with Gasteiger partial charge in [-0.25, -0.2) is 4.98 Å². The second kappa shape index (κ2) is 5.30. The van der Waals surface area contributed by atoms with Gasteiger partial charge in [0.15, 0.2) is 0 Å². The lowest BCUT2D eigenvalue weighted by molar-refractivity contribution is -0.149. The van der Waals surface area contributed by atoms with Crippen LogP contribution in [0.25, 0.3) is 0 Å². The van der Waals surface area contributed by atoms with Crippen LogP contribution < -0.4 is 5.32 Å². The highest BCUT2D eigenvalue weighted by Crippen LogP contribution is 2.42. The summed E-state index contributed by atoms with van der Waals surface area (Å²) >= 11 is 0. The Balaban J connectivity index is 2.09. The summed E-state index contributed by atoms with van der Waals surface area (Å²) in [6.07, 6.45) is -0.811. The molecular weight excluding hydrogens is 279 g/mol. The van der Waals surface area contributed by atoms with Gasteiger partial charge in [-0.3, -0.25) is 0 Å². The van der Waals surface area contributed by atoms with Crippen LogP contribution in [-0.4, -0.2) is 16.1 Å². The third-order valence-electron chi connectivity index (χ3n) is 5.17. The largest absolute Gasteiger partial charge is 0.449 e. The Kier molecular flexibility index (Phi) is 3.76. The highest BCUT2D eigenvalue weighted by molar-refractivity contribution is 5.23. The molecule has 3 unspecified atom stereocenters. The molecule has 3 atom stereocenters. The Morgan fingerprint density at radius 3 is 2.71 bits per heavy atom. The number of imidazole rings is 1. The van der Waals surface area contributed by atoms with Crippen LogP contribution in [0, 0.1) is 11.8 Å². The van der Waals surface area contributed by atoms with Crippen LogP contribution >= 0.6 is 0 Å². The summed E-state index contributed by atoms with van der Waals surface area (Å²) in [5, 5.41) is 3.11. The Hall–Kier alpha value is -1.04. The van der Waals surface area contributed by atoms with Crippen LogP contribution in [-0.2, 0) is 19.1 Å². The quantitative estimate of drug-likeness (QED) is 0.860. The molecule has 2 heterocycles. The summed E-state index contributed by atoms with van der Waals surface area (Å²) in [7, 11) is 0. The number of nitrogens with zero attached hydrogens (tertiary/aromatic N) is 2. The van der Waals surface area contributed by atoms with E-state index in [9.17, 15) is 13.2 Å². The molecule has 1 aromatic rings. The number of hydrogen-bond acceptors (Lipinski definition) is 2. The molecule has 1 N–H and O–H groups in total. The Bertz CT molecular complexity index is 521. The number of alkyl halides is 3. The summed E-state index contributed by atoms with van der Waals surface area (Å²) in [4.78, 5) is 3.93. The topological polar surface area (TPSA) is 29.9 Å². The maximum atomic E-state index is 13.4. The minimum absolute atomic E-state index is 0.0697. The molecule has 2 aliphatic rings. The van der Waals surface area contributed by atoms with Crippen molar-refractivity contribution in [2.24, 2.45) is 11.8 Å². The van der Waals surface area contributed by atoms with Crippen LogP contribution in [0.4, 0.5) is 13.2 Å². The molecule has 3 rings (SSSR count). The lowest BCUT2D eigenvalue weighted by Gasteiger charge is -2.37. The van der Waals surface area contributed by atoms with E-state index < -0.39 is 12.0 Å². The number of halogens is 3. The van der Waals surface area contributed by atoms with Gasteiger partial charge < -0.3 is 9.88 Å². The standard InChI is InChI=1S/C15H22F3N3/c1-9-4-3-5-12(10(9)2)21-13-6-7-19-8-11(13)20-14(21)15(16,17)18/h9-10,12,19H,3-8H2,1-2H3. The molecular formula is C15H22F3N3. The first kappa shape index (κ1) is 14.9. The number of fused-ring (bicyclic) bond motifs is 1. The van der Waals surface area contributed by atoms with Gasteiger partial charge in [0.1, 0.15) is 0 Å². The van der Waals surface area contributed by atoms with Crippen molar-refractivity contribution in [3.63, 3.8) is 0 Å². The monoisotopic (exact) mass is 301 g/mol. The fourth-order valence-corrected chi connectivity index (χ4v) is 3.81. The first-order valence-electron chi connectivity index (χ1n) is 7.77. The van der Waals surface area contributed by atoms with Gasteiger partial charge in [-0.15, -0.1) is 0 Å². The van der Waals surface area contributed by atoms with Crippen LogP contribution in [0.15, 0.2) is 0 Å². The molecule has 0 bridgehead atoms. The molecule has 21 heavy (non-hydrogen) atoms. The lowest BCUT2D eigenvalue weighted by atomic mass is 9.77. The summed E-state index contributed by atoms with van der Waals surface area (Å²) < 4.78 is 41.8. The highest BCUT2D eigenvalue weighted by Gasteiger charge is 2.42. The van der Waals surface area contributed by atoms with Crippen molar-refractivity contribution in [3.8, 4) is 0 Å². The van der Waals surface area contributed by atoms with Crippen molar-refractivity contribution < 1.29 is 13.2 Å². The average Bonchev–Trinajstić information content (AvgIpc) is 2.81. The molecule has 0 spiro atoms. The second-order valence-corrected chi connectivity index (χ2v) is 6.46.